The Labute approximate surface area is 98.8 Å². The fraction of sp³-hybridized carbons (Fsp3) is 0.545. The number of pyridine rings is 1. The molecule has 0 aromatic carbocycles. The Balaban J connectivity index is 1.97. The average Bonchev–Trinajstić information content (AvgIpc) is 2.73. The van der Waals surface area contributed by atoms with Gasteiger partial charge < -0.3 is 10.4 Å². The number of rotatable bonds is 4. The molecule has 0 spiro atoms. The van der Waals surface area contributed by atoms with E-state index in [4.69, 9.17) is 0 Å². The lowest BCUT2D eigenvalue weighted by Gasteiger charge is -2.11. The molecule has 1 aromatic heterocycles. The van der Waals surface area contributed by atoms with Gasteiger partial charge in [0.25, 0.3) is 0 Å². The molecule has 0 bridgehead atoms. The van der Waals surface area contributed by atoms with E-state index in [0.717, 1.165) is 19.3 Å². The standard InChI is InChI=1S/C11H15N3O3/c15-9-4-3-8(6-9)7-13-11-10(14(16)17)2-1-5-12-11/h1-2,5,8-9,15H,3-4,6-7H2,(H,12,13). The summed E-state index contributed by atoms with van der Waals surface area (Å²) in [5.41, 5.74) is -0.00829. The summed E-state index contributed by atoms with van der Waals surface area (Å²) in [6, 6.07) is 2.97. The molecule has 2 N–H and O–H groups in total. The first kappa shape index (κ1) is 11.8. The van der Waals surface area contributed by atoms with Crippen molar-refractivity contribution in [3.05, 3.63) is 28.4 Å². The highest BCUT2D eigenvalue weighted by Crippen LogP contribution is 2.27. The Morgan fingerprint density at radius 3 is 3.06 bits per heavy atom. The van der Waals surface area contributed by atoms with Gasteiger partial charge in [-0.3, -0.25) is 10.1 Å². The lowest BCUT2D eigenvalue weighted by Crippen LogP contribution is -2.14. The average molecular weight is 237 g/mol. The maximum absolute atomic E-state index is 10.8. The summed E-state index contributed by atoms with van der Waals surface area (Å²) >= 11 is 0. The van der Waals surface area contributed by atoms with E-state index in [1.165, 1.54) is 12.3 Å². The highest BCUT2D eigenvalue weighted by atomic mass is 16.6. The number of aromatic nitrogens is 1. The number of nitrogens with zero attached hydrogens (tertiary/aromatic N) is 2. The number of anilines is 1. The van der Waals surface area contributed by atoms with E-state index in [9.17, 15) is 15.2 Å². The predicted molar refractivity (Wildman–Crippen MR) is 62.7 cm³/mol. The molecular formula is C11H15N3O3. The molecule has 0 saturated heterocycles. The minimum absolute atomic E-state index is 0.00829. The van der Waals surface area contributed by atoms with Crippen LogP contribution < -0.4 is 5.32 Å². The molecule has 0 aliphatic heterocycles. The van der Waals surface area contributed by atoms with E-state index in [1.807, 2.05) is 0 Å². The maximum atomic E-state index is 10.8. The molecule has 0 radical (unpaired) electrons. The Kier molecular flexibility index (Phi) is 3.53. The van der Waals surface area contributed by atoms with E-state index in [1.54, 1.807) is 6.07 Å². The van der Waals surface area contributed by atoms with Crippen LogP contribution in [0.15, 0.2) is 18.3 Å². The van der Waals surface area contributed by atoms with Crippen molar-refractivity contribution < 1.29 is 10.0 Å². The van der Waals surface area contributed by atoms with Crippen molar-refractivity contribution in [1.82, 2.24) is 4.98 Å². The normalized spacial score (nSPS) is 23.6. The Hall–Kier alpha value is -1.69. The molecule has 2 unspecified atom stereocenters. The fourth-order valence-corrected chi connectivity index (χ4v) is 2.16. The van der Waals surface area contributed by atoms with Gasteiger partial charge in [0.2, 0.25) is 5.82 Å². The van der Waals surface area contributed by atoms with Crippen molar-refractivity contribution in [2.24, 2.45) is 5.92 Å². The second-order valence-corrected chi connectivity index (χ2v) is 4.34. The molecule has 0 amide bonds. The van der Waals surface area contributed by atoms with Crippen LogP contribution in [0, 0.1) is 16.0 Å². The molecule has 2 rings (SSSR count). The highest BCUT2D eigenvalue weighted by molar-refractivity contribution is 5.55. The van der Waals surface area contributed by atoms with Gasteiger partial charge in [-0.1, -0.05) is 0 Å². The van der Waals surface area contributed by atoms with Crippen molar-refractivity contribution in [2.75, 3.05) is 11.9 Å². The summed E-state index contributed by atoms with van der Waals surface area (Å²) in [5, 5.41) is 23.1. The summed E-state index contributed by atoms with van der Waals surface area (Å²) in [4.78, 5) is 14.3. The van der Waals surface area contributed by atoms with Crippen molar-refractivity contribution in [3.63, 3.8) is 0 Å². The van der Waals surface area contributed by atoms with Crippen LogP contribution in [-0.2, 0) is 0 Å². The van der Waals surface area contributed by atoms with Gasteiger partial charge in [-0.05, 0) is 31.2 Å². The number of aliphatic hydroxyl groups is 1. The fourth-order valence-electron chi connectivity index (χ4n) is 2.16. The first-order valence-electron chi connectivity index (χ1n) is 5.68. The zero-order chi connectivity index (χ0) is 12.3. The van der Waals surface area contributed by atoms with Crippen LogP contribution in [0.4, 0.5) is 11.5 Å². The van der Waals surface area contributed by atoms with Crippen LogP contribution in [0.3, 0.4) is 0 Å². The van der Waals surface area contributed by atoms with Gasteiger partial charge in [-0.25, -0.2) is 4.98 Å². The molecule has 17 heavy (non-hydrogen) atoms. The molecule has 6 heteroatoms. The zero-order valence-corrected chi connectivity index (χ0v) is 9.37. The number of hydrogen-bond donors (Lipinski definition) is 2. The number of nitrogens with one attached hydrogen (secondary N) is 1. The van der Waals surface area contributed by atoms with Gasteiger partial charge in [-0.15, -0.1) is 0 Å². The van der Waals surface area contributed by atoms with Gasteiger partial charge in [0.15, 0.2) is 0 Å². The monoisotopic (exact) mass is 237 g/mol. The van der Waals surface area contributed by atoms with Gasteiger partial charge in [0.1, 0.15) is 0 Å². The van der Waals surface area contributed by atoms with E-state index < -0.39 is 4.92 Å². The molecule has 2 atom stereocenters. The summed E-state index contributed by atoms with van der Waals surface area (Å²) in [5.74, 6) is 0.672. The third-order valence-electron chi connectivity index (χ3n) is 3.05. The van der Waals surface area contributed by atoms with Crippen LogP contribution in [0.2, 0.25) is 0 Å². The lowest BCUT2D eigenvalue weighted by molar-refractivity contribution is -0.384. The lowest BCUT2D eigenvalue weighted by atomic mass is 10.1. The quantitative estimate of drug-likeness (QED) is 0.612. The third-order valence-corrected chi connectivity index (χ3v) is 3.05. The molecular weight excluding hydrogens is 222 g/mol. The zero-order valence-electron chi connectivity index (χ0n) is 9.37. The van der Waals surface area contributed by atoms with E-state index in [2.05, 4.69) is 10.3 Å². The SMILES string of the molecule is O=[N+]([O-])c1cccnc1NCC1CCC(O)C1. The van der Waals surface area contributed by atoms with E-state index in [0.29, 0.717) is 18.3 Å². The first-order chi connectivity index (χ1) is 8.16. The molecule has 1 aromatic rings. The molecule has 1 aliphatic rings. The summed E-state index contributed by atoms with van der Waals surface area (Å²) in [6.45, 7) is 0.620. The minimum Gasteiger partial charge on any atom is -0.393 e. The Morgan fingerprint density at radius 1 is 1.59 bits per heavy atom. The number of hydrogen-bond acceptors (Lipinski definition) is 5. The van der Waals surface area contributed by atoms with Crippen molar-refractivity contribution >= 4 is 11.5 Å². The van der Waals surface area contributed by atoms with Crippen molar-refractivity contribution in [2.45, 2.75) is 25.4 Å². The first-order valence-corrected chi connectivity index (χ1v) is 5.68. The second-order valence-electron chi connectivity index (χ2n) is 4.34. The molecule has 6 nitrogen and oxygen atoms in total. The van der Waals surface area contributed by atoms with Gasteiger partial charge in [-0.2, -0.15) is 0 Å². The minimum atomic E-state index is -0.446. The van der Waals surface area contributed by atoms with Crippen molar-refractivity contribution in [1.29, 1.82) is 0 Å². The van der Waals surface area contributed by atoms with Crippen LogP contribution in [0.1, 0.15) is 19.3 Å². The smallest absolute Gasteiger partial charge is 0.311 e. The molecule has 1 heterocycles. The summed E-state index contributed by atoms with van der Waals surface area (Å²) in [7, 11) is 0. The summed E-state index contributed by atoms with van der Waals surface area (Å²) < 4.78 is 0. The maximum Gasteiger partial charge on any atom is 0.311 e. The van der Waals surface area contributed by atoms with Crippen LogP contribution in [-0.4, -0.2) is 27.7 Å². The second kappa shape index (κ2) is 5.09. The van der Waals surface area contributed by atoms with E-state index in [-0.39, 0.29) is 11.8 Å². The molecule has 92 valence electrons. The van der Waals surface area contributed by atoms with Crippen LogP contribution in [0.5, 0.6) is 0 Å². The number of aliphatic hydroxyl groups excluding tert-OH is 1. The summed E-state index contributed by atoms with van der Waals surface area (Å²) in [6.07, 6.45) is 3.83. The van der Waals surface area contributed by atoms with Crippen molar-refractivity contribution in [3.8, 4) is 0 Å². The number of nitro groups is 1. The Morgan fingerprint density at radius 2 is 2.41 bits per heavy atom. The molecule has 1 saturated carbocycles. The molecule has 1 aliphatic carbocycles. The van der Waals surface area contributed by atoms with Gasteiger partial charge in [0.05, 0.1) is 11.0 Å². The Bertz CT molecular complexity index is 411. The van der Waals surface area contributed by atoms with Crippen LogP contribution >= 0.6 is 0 Å². The largest absolute Gasteiger partial charge is 0.393 e. The predicted octanol–water partition coefficient (Wildman–Crippen LogP) is 1.56. The topological polar surface area (TPSA) is 88.3 Å². The molecule has 1 fully saturated rings. The van der Waals surface area contributed by atoms with Gasteiger partial charge >= 0.3 is 5.69 Å². The van der Waals surface area contributed by atoms with Gasteiger partial charge in [0, 0.05) is 18.8 Å². The van der Waals surface area contributed by atoms with E-state index >= 15 is 0 Å². The third kappa shape index (κ3) is 2.91. The van der Waals surface area contributed by atoms with Crippen LogP contribution in [0.25, 0.3) is 0 Å². The highest BCUT2D eigenvalue weighted by Gasteiger charge is 2.23.